The number of nitrogens with zero attached hydrogens (tertiary/aromatic N) is 1. The van der Waals surface area contributed by atoms with E-state index < -0.39 is 42.4 Å². The van der Waals surface area contributed by atoms with Crippen LogP contribution in [0.5, 0.6) is 5.75 Å². The SMILES string of the molecule is O=C1OC(CCC(O)c2ccc(F)cc2)C(c2ccc(-c3ccc(C4CC(O)CC(CO)O4)cc3)cc2O)N1c1ccccc1. The zero-order chi connectivity index (χ0) is 31.5. The van der Waals surface area contributed by atoms with E-state index >= 15 is 0 Å². The average Bonchev–Trinajstić information content (AvgIpc) is 3.39. The highest BCUT2D eigenvalue weighted by Crippen LogP contribution is 2.44. The second-order valence-electron chi connectivity index (χ2n) is 11.7. The highest BCUT2D eigenvalue weighted by atomic mass is 19.1. The Morgan fingerprint density at radius 3 is 2.31 bits per heavy atom. The number of halogens is 1. The molecule has 9 heteroatoms. The summed E-state index contributed by atoms with van der Waals surface area (Å²) < 4.78 is 25.1. The van der Waals surface area contributed by atoms with E-state index in [1.807, 2.05) is 48.5 Å². The van der Waals surface area contributed by atoms with Crippen molar-refractivity contribution in [3.05, 3.63) is 120 Å². The summed E-state index contributed by atoms with van der Waals surface area (Å²) in [5.41, 5.74) is 4.20. The van der Waals surface area contributed by atoms with Gasteiger partial charge in [0.25, 0.3) is 0 Å². The maximum Gasteiger partial charge on any atom is 0.415 e. The van der Waals surface area contributed by atoms with Gasteiger partial charge in [-0.25, -0.2) is 9.18 Å². The average molecular weight is 614 g/mol. The number of ether oxygens (including phenoxy) is 2. The summed E-state index contributed by atoms with van der Waals surface area (Å²) >= 11 is 0. The Bertz CT molecular complexity index is 1600. The summed E-state index contributed by atoms with van der Waals surface area (Å²) in [7, 11) is 0. The van der Waals surface area contributed by atoms with Crippen LogP contribution in [-0.2, 0) is 9.47 Å². The molecule has 4 aromatic rings. The molecule has 45 heavy (non-hydrogen) atoms. The molecule has 0 saturated carbocycles. The van der Waals surface area contributed by atoms with Crippen LogP contribution in [0.2, 0.25) is 0 Å². The molecule has 2 heterocycles. The van der Waals surface area contributed by atoms with E-state index in [2.05, 4.69) is 0 Å². The second-order valence-corrected chi connectivity index (χ2v) is 11.7. The van der Waals surface area contributed by atoms with Crippen LogP contribution in [0.15, 0.2) is 97.1 Å². The lowest BCUT2D eigenvalue weighted by Gasteiger charge is -2.32. The standard InChI is InChI=1S/C36H36FNO7/c37-26-13-10-23(11-14-26)31(41)16-17-33-35(38(36(43)45-33)27-4-2-1-3-5-27)30-15-12-25(18-32(30)42)22-6-8-24(9-7-22)34-20-28(40)19-29(21-39)44-34/h1-15,18,28-29,31,33-35,39-42H,16-17,19-21H2. The van der Waals surface area contributed by atoms with Crippen LogP contribution in [0.4, 0.5) is 14.9 Å². The highest BCUT2D eigenvalue weighted by molar-refractivity contribution is 5.91. The van der Waals surface area contributed by atoms with Gasteiger partial charge in [0.1, 0.15) is 23.7 Å². The van der Waals surface area contributed by atoms with Gasteiger partial charge < -0.3 is 29.9 Å². The maximum atomic E-state index is 13.4. The zero-order valence-electron chi connectivity index (χ0n) is 24.6. The van der Waals surface area contributed by atoms with E-state index in [0.717, 1.165) is 16.7 Å². The van der Waals surface area contributed by atoms with Crippen LogP contribution in [0.25, 0.3) is 11.1 Å². The number of carbonyl (C=O) groups is 1. The van der Waals surface area contributed by atoms with E-state index in [-0.39, 0.29) is 24.9 Å². The van der Waals surface area contributed by atoms with Gasteiger partial charge in [-0.15, -0.1) is 0 Å². The molecule has 8 nitrogen and oxygen atoms in total. The van der Waals surface area contributed by atoms with Crippen LogP contribution in [0, 0.1) is 5.82 Å². The third-order valence-electron chi connectivity index (χ3n) is 8.64. The number of hydrogen-bond donors (Lipinski definition) is 4. The lowest BCUT2D eigenvalue weighted by atomic mass is 9.91. The maximum absolute atomic E-state index is 13.4. The van der Waals surface area contributed by atoms with Crippen molar-refractivity contribution in [2.24, 2.45) is 0 Å². The molecule has 0 bridgehead atoms. The third kappa shape index (κ3) is 6.72. The van der Waals surface area contributed by atoms with Gasteiger partial charge in [0, 0.05) is 24.1 Å². The molecule has 6 rings (SSSR count). The predicted molar refractivity (Wildman–Crippen MR) is 166 cm³/mol. The Morgan fingerprint density at radius 1 is 0.911 bits per heavy atom. The molecular weight excluding hydrogens is 577 g/mol. The topological polar surface area (TPSA) is 120 Å². The largest absolute Gasteiger partial charge is 0.508 e. The van der Waals surface area contributed by atoms with E-state index in [1.54, 1.807) is 24.3 Å². The van der Waals surface area contributed by atoms with E-state index in [1.165, 1.54) is 29.2 Å². The van der Waals surface area contributed by atoms with Crippen molar-refractivity contribution < 1.29 is 39.1 Å². The van der Waals surface area contributed by atoms with E-state index in [4.69, 9.17) is 9.47 Å². The van der Waals surface area contributed by atoms with Gasteiger partial charge in [0.2, 0.25) is 0 Å². The minimum absolute atomic E-state index is 0.00517. The molecule has 0 radical (unpaired) electrons. The number of carbonyl (C=O) groups excluding carboxylic acids is 1. The van der Waals surface area contributed by atoms with Crippen LogP contribution in [-0.4, -0.2) is 51.4 Å². The Balaban J connectivity index is 1.25. The minimum Gasteiger partial charge on any atom is -0.508 e. The predicted octanol–water partition coefficient (Wildman–Crippen LogP) is 6.35. The number of para-hydroxylation sites is 1. The Labute approximate surface area is 260 Å². The first-order valence-electron chi connectivity index (χ1n) is 15.2. The number of anilines is 1. The molecule has 234 valence electrons. The Kier molecular flexibility index (Phi) is 9.14. The fraction of sp³-hybridized carbons (Fsp3) is 0.306. The summed E-state index contributed by atoms with van der Waals surface area (Å²) in [6.45, 7) is -0.147. The van der Waals surface area contributed by atoms with Gasteiger partial charge in [-0.2, -0.15) is 0 Å². The molecule has 4 N–H and O–H groups in total. The molecule has 2 aliphatic heterocycles. The van der Waals surface area contributed by atoms with Crippen molar-refractivity contribution >= 4 is 11.8 Å². The first-order chi connectivity index (χ1) is 21.8. The molecule has 6 unspecified atom stereocenters. The monoisotopic (exact) mass is 613 g/mol. The molecule has 2 saturated heterocycles. The van der Waals surface area contributed by atoms with E-state index in [9.17, 15) is 29.6 Å². The number of aliphatic hydroxyl groups excluding tert-OH is 3. The molecule has 0 spiro atoms. The summed E-state index contributed by atoms with van der Waals surface area (Å²) in [5, 5.41) is 41.8. The van der Waals surface area contributed by atoms with Gasteiger partial charge in [-0.05, 0) is 65.4 Å². The van der Waals surface area contributed by atoms with Crippen molar-refractivity contribution in [1.82, 2.24) is 0 Å². The Morgan fingerprint density at radius 2 is 1.62 bits per heavy atom. The van der Waals surface area contributed by atoms with Crippen molar-refractivity contribution in [3.8, 4) is 16.9 Å². The van der Waals surface area contributed by atoms with Crippen molar-refractivity contribution in [3.63, 3.8) is 0 Å². The number of benzene rings is 4. The quantitative estimate of drug-likeness (QED) is 0.174. The molecule has 0 aromatic heterocycles. The van der Waals surface area contributed by atoms with Crippen LogP contribution >= 0.6 is 0 Å². The highest BCUT2D eigenvalue weighted by Gasteiger charge is 2.44. The fourth-order valence-corrected chi connectivity index (χ4v) is 6.30. The van der Waals surface area contributed by atoms with Gasteiger partial charge in [0.15, 0.2) is 0 Å². The molecule has 1 amide bonds. The van der Waals surface area contributed by atoms with Gasteiger partial charge in [-0.3, -0.25) is 4.90 Å². The number of cyclic esters (lactones) is 1. The lowest BCUT2D eigenvalue weighted by Crippen LogP contribution is -2.33. The van der Waals surface area contributed by atoms with Gasteiger partial charge >= 0.3 is 6.09 Å². The molecule has 2 aliphatic rings. The number of hydrogen-bond acceptors (Lipinski definition) is 7. The molecular formula is C36H36FNO7. The number of amides is 1. The zero-order valence-corrected chi connectivity index (χ0v) is 24.6. The van der Waals surface area contributed by atoms with Crippen LogP contribution in [0.1, 0.15) is 60.6 Å². The number of aliphatic hydroxyl groups is 3. The Hall–Kier alpha value is -4.28. The number of phenolic OH excluding ortho intramolecular Hbond substituents is 1. The molecule has 2 fully saturated rings. The number of phenols is 1. The van der Waals surface area contributed by atoms with Crippen molar-refractivity contribution in [2.75, 3.05) is 11.5 Å². The summed E-state index contributed by atoms with van der Waals surface area (Å²) in [6, 6.07) is 27.1. The first kappa shape index (κ1) is 30.7. The summed E-state index contributed by atoms with van der Waals surface area (Å²) in [4.78, 5) is 14.7. The minimum atomic E-state index is -0.883. The fourth-order valence-electron chi connectivity index (χ4n) is 6.30. The van der Waals surface area contributed by atoms with E-state index in [0.29, 0.717) is 36.1 Å². The summed E-state index contributed by atoms with van der Waals surface area (Å²) in [6.07, 6.45) is -1.95. The first-order valence-corrected chi connectivity index (χ1v) is 15.2. The van der Waals surface area contributed by atoms with Crippen LogP contribution in [0.3, 0.4) is 0 Å². The number of aromatic hydroxyl groups is 1. The van der Waals surface area contributed by atoms with Gasteiger partial charge in [0.05, 0.1) is 31.0 Å². The van der Waals surface area contributed by atoms with Crippen molar-refractivity contribution in [1.29, 1.82) is 0 Å². The smallest absolute Gasteiger partial charge is 0.415 e. The number of rotatable bonds is 9. The van der Waals surface area contributed by atoms with Crippen molar-refractivity contribution in [2.45, 2.75) is 62.2 Å². The second kappa shape index (κ2) is 13.4. The third-order valence-corrected chi connectivity index (χ3v) is 8.64. The molecule has 4 aromatic carbocycles. The normalized spacial score (nSPS) is 24.0. The summed E-state index contributed by atoms with van der Waals surface area (Å²) in [5.74, 6) is -0.396. The lowest BCUT2D eigenvalue weighted by molar-refractivity contribution is -0.113. The molecule has 0 aliphatic carbocycles. The van der Waals surface area contributed by atoms with Crippen LogP contribution < -0.4 is 4.90 Å². The molecule has 6 atom stereocenters. The van der Waals surface area contributed by atoms with Gasteiger partial charge in [-0.1, -0.05) is 66.7 Å².